The molecule has 0 bridgehead atoms. The van der Waals surface area contributed by atoms with Crippen LogP contribution in [-0.4, -0.2) is 67.8 Å². The third-order valence-corrected chi connectivity index (χ3v) is 5.37. The lowest BCUT2D eigenvalue weighted by atomic mass is 9.95. The van der Waals surface area contributed by atoms with Crippen molar-refractivity contribution in [2.24, 2.45) is 5.73 Å². The van der Waals surface area contributed by atoms with E-state index >= 15 is 0 Å². The van der Waals surface area contributed by atoms with E-state index < -0.39 is 5.54 Å². The molecule has 2 aliphatic heterocycles. The van der Waals surface area contributed by atoms with Crippen molar-refractivity contribution in [2.45, 2.75) is 31.5 Å². The van der Waals surface area contributed by atoms with Crippen molar-refractivity contribution in [2.75, 3.05) is 46.6 Å². The van der Waals surface area contributed by atoms with Crippen molar-refractivity contribution in [3.05, 3.63) is 35.4 Å². The number of nitrogens with two attached hydrogens (primary N) is 1. The molecular formula is C19H29N3O3. The second kappa shape index (κ2) is 8.27. The first kappa shape index (κ1) is 18.3. The van der Waals surface area contributed by atoms with Gasteiger partial charge in [-0.1, -0.05) is 24.3 Å². The Hall–Kier alpha value is -1.47. The summed E-state index contributed by atoms with van der Waals surface area (Å²) >= 11 is 0. The fourth-order valence-corrected chi connectivity index (χ4v) is 3.91. The molecule has 3 rings (SSSR count). The van der Waals surface area contributed by atoms with Crippen molar-refractivity contribution in [1.29, 1.82) is 0 Å². The van der Waals surface area contributed by atoms with E-state index in [-0.39, 0.29) is 5.91 Å². The second-order valence-electron chi connectivity index (χ2n) is 7.06. The molecule has 2 fully saturated rings. The van der Waals surface area contributed by atoms with Gasteiger partial charge < -0.3 is 15.2 Å². The summed E-state index contributed by atoms with van der Waals surface area (Å²) in [6.07, 6.45) is 1.74. The summed E-state index contributed by atoms with van der Waals surface area (Å²) in [6, 6.07) is 8.69. The van der Waals surface area contributed by atoms with Gasteiger partial charge in [0.05, 0.1) is 19.8 Å². The average Bonchev–Trinajstić information content (AvgIpc) is 3.02. The maximum Gasteiger partial charge on any atom is 0.240 e. The zero-order chi connectivity index (χ0) is 17.7. The number of hydrogen-bond acceptors (Lipinski definition) is 5. The number of amides is 1. The molecule has 25 heavy (non-hydrogen) atoms. The minimum absolute atomic E-state index is 0.282. The topological polar surface area (TPSA) is 68.0 Å². The number of primary amides is 1. The van der Waals surface area contributed by atoms with Crippen LogP contribution >= 0.6 is 0 Å². The predicted octanol–water partition coefficient (Wildman–Crippen LogP) is 0.985. The molecule has 0 aromatic heterocycles. The van der Waals surface area contributed by atoms with Crippen LogP contribution in [0, 0.1) is 0 Å². The smallest absolute Gasteiger partial charge is 0.240 e. The highest BCUT2D eigenvalue weighted by molar-refractivity contribution is 5.85. The highest BCUT2D eigenvalue weighted by Gasteiger charge is 2.46. The first-order valence-corrected chi connectivity index (χ1v) is 9.06. The van der Waals surface area contributed by atoms with Crippen molar-refractivity contribution in [3.63, 3.8) is 0 Å². The van der Waals surface area contributed by atoms with Gasteiger partial charge >= 0.3 is 0 Å². The normalized spacial score (nSPS) is 25.3. The summed E-state index contributed by atoms with van der Waals surface area (Å²) in [7, 11) is 1.63. The molecule has 2 aliphatic rings. The summed E-state index contributed by atoms with van der Waals surface area (Å²) in [5.74, 6) is -0.282. The fourth-order valence-electron chi connectivity index (χ4n) is 3.91. The lowest BCUT2D eigenvalue weighted by Gasteiger charge is -2.35. The molecule has 6 heteroatoms. The Bertz CT molecular complexity index is 572. The molecule has 2 saturated heterocycles. The first-order chi connectivity index (χ1) is 12.1. The third kappa shape index (κ3) is 4.20. The monoisotopic (exact) mass is 347 g/mol. The van der Waals surface area contributed by atoms with Crippen LogP contribution in [0.15, 0.2) is 24.3 Å². The third-order valence-electron chi connectivity index (χ3n) is 5.37. The van der Waals surface area contributed by atoms with Gasteiger partial charge in [-0.25, -0.2) is 0 Å². The SMILES string of the molecule is COCC1(C(N)=O)CCCN1Cc1ccc(CN2CCOCC2)cc1. The van der Waals surface area contributed by atoms with E-state index in [0.717, 1.165) is 58.8 Å². The van der Waals surface area contributed by atoms with E-state index in [2.05, 4.69) is 34.1 Å². The molecule has 1 unspecified atom stereocenters. The van der Waals surface area contributed by atoms with E-state index in [9.17, 15) is 4.79 Å². The van der Waals surface area contributed by atoms with E-state index in [1.807, 2.05) is 0 Å². The van der Waals surface area contributed by atoms with E-state index in [1.54, 1.807) is 7.11 Å². The van der Waals surface area contributed by atoms with Gasteiger partial charge in [-0.15, -0.1) is 0 Å². The van der Waals surface area contributed by atoms with Crippen LogP contribution in [0.25, 0.3) is 0 Å². The molecule has 0 spiro atoms. The van der Waals surface area contributed by atoms with Gasteiger partial charge in [0.1, 0.15) is 5.54 Å². The average molecular weight is 347 g/mol. The van der Waals surface area contributed by atoms with Gasteiger partial charge in [-0.05, 0) is 30.5 Å². The Morgan fingerprint density at radius 2 is 1.80 bits per heavy atom. The molecule has 1 aromatic carbocycles. The zero-order valence-corrected chi connectivity index (χ0v) is 15.1. The number of benzene rings is 1. The standard InChI is InChI=1S/C19H29N3O3/c1-24-15-19(18(20)23)7-2-8-22(19)14-17-5-3-16(4-6-17)13-21-9-11-25-12-10-21/h3-6H,2,7-15H2,1H3,(H2,20,23). The number of hydrogen-bond donors (Lipinski definition) is 1. The predicted molar refractivity (Wildman–Crippen MR) is 96.0 cm³/mol. The number of likely N-dealkylation sites (tertiary alicyclic amines) is 1. The van der Waals surface area contributed by atoms with Gasteiger partial charge in [-0.3, -0.25) is 14.6 Å². The zero-order valence-electron chi connectivity index (χ0n) is 15.1. The summed E-state index contributed by atoms with van der Waals surface area (Å²) in [4.78, 5) is 16.7. The molecule has 1 atom stereocenters. The Balaban J connectivity index is 1.63. The molecule has 2 heterocycles. The van der Waals surface area contributed by atoms with Gasteiger partial charge in [0.15, 0.2) is 0 Å². The van der Waals surface area contributed by atoms with Crippen molar-refractivity contribution >= 4 is 5.91 Å². The number of rotatable bonds is 7. The molecule has 2 N–H and O–H groups in total. The molecule has 0 saturated carbocycles. The van der Waals surface area contributed by atoms with Gasteiger partial charge in [0, 0.05) is 33.3 Å². The van der Waals surface area contributed by atoms with Gasteiger partial charge in [0.2, 0.25) is 5.91 Å². The largest absolute Gasteiger partial charge is 0.382 e. The first-order valence-electron chi connectivity index (χ1n) is 9.06. The molecule has 0 radical (unpaired) electrons. The number of nitrogens with zero attached hydrogens (tertiary/aromatic N) is 2. The Morgan fingerprint density at radius 1 is 1.16 bits per heavy atom. The number of carbonyl (C=O) groups excluding carboxylic acids is 1. The Morgan fingerprint density at radius 3 is 2.40 bits per heavy atom. The maximum atomic E-state index is 12.1. The minimum atomic E-state index is -0.665. The number of morpholine rings is 1. The molecular weight excluding hydrogens is 318 g/mol. The molecule has 6 nitrogen and oxygen atoms in total. The Kier molecular flexibility index (Phi) is 6.06. The van der Waals surface area contributed by atoms with Crippen LogP contribution in [0.1, 0.15) is 24.0 Å². The Labute approximate surface area is 149 Å². The van der Waals surface area contributed by atoms with E-state index in [1.165, 1.54) is 11.1 Å². The van der Waals surface area contributed by atoms with E-state index in [4.69, 9.17) is 15.2 Å². The fraction of sp³-hybridized carbons (Fsp3) is 0.632. The lowest BCUT2D eigenvalue weighted by Crippen LogP contribution is -2.56. The number of methoxy groups -OCH3 is 1. The quantitative estimate of drug-likeness (QED) is 0.796. The highest BCUT2D eigenvalue weighted by Crippen LogP contribution is 2.31. The van der Waals surface area contributed by atoms with Crippen LogP contribution in [-0.2, 0) is 27.4 Å². The van der Waals surface area contributed by atoms with Crippen LogP contribution in [0.5, 0.6) is 0 Å². The van der Waals surface area contributed by atoms with Gasteiger partial charge in [0.25, 0.3) is 0 Å². The van der Waals surface area contributed by atoms with Crippen LogP contribution in [0.4, 0.5) is 0 Å². The molecule has 1 amide bonds. The minimum Gasteiger partial charge on any atom is -0.382 e. The molecule has 0 aliphatic carbocycles. The number of carbonyl (C=O) groups is 1. The van der Waals surface area contributed by atoms with Crippen molar-refractivity contribution in [1.82, 2.24) is 9.80 Å². The van der Waals surface area contributed by atoms with Crippen LogP contribution in [0.2, 0.25) is 0 Å². The van der Waals surface area contributed by atoms with Crippen LogP contribution in [0.3, 0.4) is 0 Å². The number of ether oxygens (including phenoxy) is 2. The van der Waals surface area contributed by atoms with Crippen molar-refractivity contribution in [3.8, 4) is 0 Å². The summed E-state index contributed by atoms with van der Waals surface area (Å²) < 4.78 is 10.7. The highest BCUT2D eigenvalue weighted by atomic mass is 16.5. The van der Waals surface area contributed by atoms with E-state index in [0.29, 0.717) is 6.61 Å². The second-order valence-corrected chi connectivity index (χ2v) is 7.06. The van der Waals surface area contributed by atoms with Crippen LogP contribution < -0.4 is 5.73 Å². The maximum absolute atomic E-state index is 12.1. The van der Waals surface area contributed by atoms with Crippen molar-refractivity contribution < 1.29 is 14.3 Å². The molecule has 138 valence electrons. The summed E-state index contributed by atoms with van der Waals surface area (Å²) in [6.45, 7) is 6.55. The summed E-state index contributed by atoms with van der Waals surface area (Å²) in [5.41, 5.74) is 7.56. The summed E-state index contributed by atoms with van der Waals surface area (Å²) in [5, 5.41) is 0. The molecule has 1 aromatic rings. The lowest BCUT2D eigenvalue weighted by molar-refractivity contribution is -0.132. The van der Waals surface area contributed by atoms with Gasteiger partial charge in [-0.2, -0.15) is 0 Å².